The lowest BCUT2D eigenvalue weighted by atomic mass is 9.84. The largest absolute Gasteiger partial charge is 0.374 e. The van der Waals surface area contributed by atoms with E-state index in [-0.39, 0.29) is 36.8 Å². The molecule has 0 aliphatic carbocycles. The number of nitrogens with zero attached hydrogens (tertiary/aromatic N) is 6. The van der Waals surface area contributed by atoms with Gasteiger partial charge in [-0.05, 0) is 105 Å². The van der Waals surface area contributed by atoms with Gasteiger partial charge in [0.05, 0.1) is 52.4 Å². The van der Waals surface area contributed by atoms with Crippen molar-refractivity contribution in [2.24, 2.45) is 13.0 Å². The van der Waals surface area contributed by atoms with Crippen molar-refractivity contribution >= 4 is 51.2 Å². The second-order valence-corrected chi connectivity index (χ2v) is 16.1. The molecule has 0 saturated carbocycles. The van der Waals surface area contributed by atoms with Gasteiger partial charge in [-0.2, -0.15) is 5.26 Å². The SMILES string of the molecule is Cc1cc2c(N3CCN(C)c4ccc(C#N)cc43)cc(C3CCN(CC4CCN(c5ccc(NC6CCC(=O)NC6=O)cc5F)CC4)CC3(F)F)cc2n(C)c1=O. The quantitative estimate of drug-likeness (QED) is 0.218. The number of rotatable bonds is 7. The summed E-state index contributed by atoms with van der Waals surface area (Å²) in [5.41, 5.74) is 5.40. The van der Waals surface area contributed by atoms with Crippen molar-refractivity contribution in [2.75, 3.05) is 72.9 Å². The van der Waals surface area contributed by atoms with E-state index in [1.165, 1.54) is 6.07 Å². The van der Waals surface area contributed by atoms with Gasteiger partial charge in [-0.15, -0.1) is 0 Å². The summed E-state index contributed by atoms with van der Waals surface area (Å²) in [7, 11) is 3.68. The first-order valence-corrected chi connectivity index (χ1v) is 19.7. The predicted octanol–water partition coefficient (Wildman–Crippen LogP) is 6.00. The van der Waals surface area contributed by atoms with Gasteiger partial charge in [0, 0.05) is 69.9 Å². The van der Waals surface area contributed by atoms with Crippen molar-refractivity contribution in [1.29, 1.82) is 5.26 Å². The first-order chi connectivity index (χ1) is 27.3. The number of piperidine rings is 3. The highest BCUT2D eigenvalue weighted by molar-refractivity contribution is 6.01. The molecule has 3 aromatic carbocycles. The van der Waals surface area contributed by atoms with E-state index in [1.807, 2.05) is 41.1 Å². The molecule has 4 aliphatic rings. The second-order valence-electron chi connectivity index (χ2n) is 16.1. The highest BCUT2D eigenvalue weighted by atomic mass is 19.3. The minimum absolute atomic E-state index is 0.176. The van der Waals surface area contributed by atoms with Crippen LogP contribution in [0.3, 0.4) is 0 Å². The van der Waals surface area contributed by atoms with Crippen molar-refractivity contribution < 1.29 is 22.8 Å². The van der Waals surface area contributed by atoms with E-state index in [9.17, 15) is 19.6 Å². The van der Waals surface area contributed by atoms with Crippen LogP contribution in [-0.4, -0.2) is 86.1 Å². The normalized spacial score (nSPS) is 21.7. The maximum atomic E-state index is 16.5. The second kappa shape index (κ2) is 15.1. The number of aryl methyl sites for hydroxylation is 2. The van der Waals surface area contributed by atoms with Crippen molar-refractivity contribution in [3.05, 3.63) is 87.5 Å². The fraction of sp³-hybridized carbons (Fsp3) is 0.442. The Morgan fingerprint density at radius 2 is 1.65 bits per heavy atom. The third-order valence-electron chi connectivity index (χ3n) is 12.4. The van der Waals surface area contributed by atoms with Gasteiger partial charge in [-0.3, -0.25) is 24.6 Å². The maximum absolute atomic E-state index is 16.5. The molecule has 4 aromatic rings. The molecular weight excluding hydrogens is 734 g/mol. The summed E-state index contributed by atoms with van der Waals surface area (Å²) in [4.78, 5) is 44.8. The smallest absolute Gasteiger partial charge is 0.267 e. The van der Waals surface area contributed by atoms with Crippen molar-refractivity contribution in [3.8, 4) is 6.07 Å². The molecule has 2 amide bonds. The number of likely N-dealkylation sites (N-methyl/N-ethyl adjacent to an activating group) is 1. The van der Waals surface area contributed by atoms with Crippen molar-refractivity contribution in [1.82, 2.24) is 14.8 Å². The Hall–Kier alpha value is -5.55. The average molecular weight is 781 g/mol. The number of fused-ring (bicyclic) bond motifs is 2. The molecule has 2 N–H and O–H groups in total. The lowest BCUT2D eigenvalue weighted by molar-refractivity contribution is -0.133. The van der Waals surface area contributed by atoms with E-state index in [1.54, 1.807) is 42.8 Å². The summed E-state index contributed by atoms with van der Waals surface area (Å²) in [6.07, 6.45) is 2.29. The zero-order valence-electron chi connectivity index (χ0n) is 32.5. The van der Waals surface area contributed by atoms with Crippen LogP contribution >= 0.6 is 0 Å². The summed E-state index contributed by atoms with van der Waals surface area (Å²) in [6, 6.07) is 17.4. The van der Waals surface area contributed by atoms with Crippen LogP contribution in [0.1, 0.15) is 54.7 Å². The summed E-state index contributed by atoms with van der Waals surface area (Å²) in [5, 5.41) is 15.8. The average Bonchev–Trinajstić information content (AvgIpc) is 3.18. The molecule has 4 aliphatic heterocycles. The Morgan fingerprint density at radius 3 is 2.37 bits per heavy atom. The minimum Gasteiger partial charge on any atom is -0.374 e. The number of carbonyl (C=O) groups excluding carboxylic acids is 2. The number of imide groups is 1. The number of anilines is 5. The molecule has 2 atom stereocenters. The molecule has 1 aromatic heterocycles. The molecule has 0 spiro atoms. The van der Waals surface area contributed by atoms with E-state index in [0.29, 0.717) is 79.3 Å². The molecule has 298 valence electrons. The van der Waals surface area contributed by atoms with Crippen LogP contribution in [-0.2, 0) is 16.6 Å². The fourth-order valence-corrected chi connectivity index (χ4v) is 9.20. The minimum atomic E-state index is -3.03. The monoisotopic (exact) mass is 780 g/mol. The molecule has 11 nitrogen and oxygen atoms in total. The highest BCUT2D eigenvalue weighted by Crippen LogP contribution is 2.46. The van der Waals surface area contributed by atoms with Crippen LogP contribution in [0.2, 0.25) is 0 Å². The molecule has 0 radical (unpaired) electrons. The number of nitriles is 1. The number of halogens is 3. The summed E-state index contributed by atoms with van der Waals surface area (Å²) in [5.74, 6) is -5.05. The van der Waals surface area contributed by atoms with Crippen LogP contribution < -0.4 is 30.9 Å². The Balaban J connectivity index is 0.964. The number of hydrogen-bond donors (Lipinski definition) is 2. The summed E-state index contributed by atoms with van der Waals surface area (Å²) in [6.45, 7) is 4.87. The Kier molecular flexibility index (Phi) is 10.1. The number of amides is 2. The standard InChI is InChI=1S/C43H47F3N8O3/c1-26-18-31-37(51(3)42(26)57)20-29(21-38(31)54-17-16-50(2)36-7-4-28(23-47)19-39(36)54)32-12-13-52(25-43(32,45)46)24-27-10-14-53(15-11-27)35-8-5-30(22-33(35)44)48-34-6-9-40(55)49-41(34)56/h4-5,7-8,18-22,27,32,34,48H,6,9-17,24-25H2,1-3H3,(H,49,55,56). The fourth-order valence-electron chi connectivity index (χ4n) is 9.20. The first-order valence-electron chi connectivity index (χ1n) is 19.7. The van der Waals surface area contributed by atoms with Gasteiger partial charge in [-0.1, -0.05) is 0 Å². The lowest BCUT2D eigenvalue weighted by Crippen LogP contribution is -2.49. The zero-order valence-corrected chi connectivity index (χ0v) is 32.5. The van der Waals surface area contributed by atoms with Gasteiger partial charge < -0.3 is 24.6 Å². The zero-order chi connectivity index (χ0) is 40.2. The topological polar surface area (TPSA) is 117 Å². The van der Waals surface area contributed by atoms with Crippen LogP contribution in [0, 0.1) is 30.0 Å². The molecule has 14 heteroatoms. The van der Waals surface area contributed by atoms with E-state index < -0.39 is 29.6 Å². The molecule has 57 heavy (non-hydrogen) atoms. The van der Waals surface area contributed by atoms with Gasteiger partial charge in [0.1, 0.15) is 11.9 Å². The number of alkyl halides is 2. The maximum Gasteiger partial charge on any atom is 0.267 e. The van der Waals surface area contributed by atoms with E-state index in [4.69, 9.17) is 0 Å². The number of hydrogen-bond acceptors (Lipinski definition) is 9. The van der Waals surface area contributed by atoms with Crippen LogP contribution in [0.5, 0.6) is 0 Å². The van der Waals surface area contributed by atoms with E-state index in [2.05, 4.69) is 26.5 Å². The molecule has 2 unspecified atom stereocenters. The van der Waals surface area contributed by atoms with Crippen LogP contribution in [0.4, 0.5) is 41.6 Å². The summed E-state index contributed by atoms with van der Waals surface area (Å²) < 4.78 is 49.8. The lowest BCUT2D eigenvalue weighted by Gasteiger charge is -2.42. The van der Waals surface area contributed by atoms with E-state index in [0.717, 1.165) is 35.3 Å². The van der Waals surface area contributed by atoms with Crippen LogP contribution in [0.25, 0.3) is 10.9 Å². The number of nitrogens with one attached hydrogen (secondary N) is 2. The molecule has 3 saturated heterocycles. The number of likely N-dealkylation sites (tertiary alicyclic amines) is 1. The van der Waals surface area contributed by atoms with Gasteiger partial charge >= 0.3 is 0 Å². The number of pyridine rings is 1. The van der Waals surface area contributed by atoms with E-state index >= 15 is 13.2 Å². The molecule has 3 fully saturated rings. The van der Waals surface area contributed by atoms with Crippen molar-refractivity contribution in [3.63, 3.8) is 0 Å². The third-order valence-corrected chi connectivity index (χ3v) is 12.4. The van der Waals surface area contributed by atoms with Gasteiger partial charge in [0.25, 0.3) is 11.5 Å². The molecular formula is C43H47F3N8O3. The van der Waals surface area contributed by atoms with Crippen molar-refractivity contribution in [2.45, 2.75) is 56.9 Å². The summed E-state index contributed by atoms with van der Waals surface area (Å²) >= 11 is 0. The molecule has 0 bridgehead atoms. The Morgan fingerprint density at radius 1 is 0.877 bits per heavy atom. The van der Waals surface area contributed by atoms with Gasteiger partial charge in [-0.25, -0.2) is 13.2 Å². The Bertz CT molecular complexity index is 2350. The number of benzene rings is 3. The Labute approximate surface area is 329 Å². The van der Waals surface area contributed by atoms with Gasteiger partial charge in [0.2, 0.25) is 11.8 Å². The molecule has 8 rings (SSSR count). The van der Waals surface area contributed by atoms with Gasteiger partial charge in [0.15, 0.2) is 0 Å². The van der Waals surface area contributed by atoms with Crippen LogP contribution in [0.15, 0.2) is 59.4 Å². The first kappa shape index (κ1) is 38.3. The highest BCUT2D eigenvalue weighted by Gasteiger charge is 2.46. The third kappa shape index (κ3) is 7.41. The number of carbonyl (C=O) groups is 2. The predicted molar refractivity (Wildman–Crippen MR) is 215 cm³/mol. The number of aromatic nitrogens is 1. The molecule has 5 heterocycles.